The minimum absolute atomic E-state index is 0.414. The third-order valence-electron chi connectivity index (χ3n) is 2.32. The summed E-state index contributed by atoms with van der Waals surface area (Å²) in [5, 5.41) is 0. The number of hydrogen-bond acceptors (Lipinski definition) is 4. The first-order valence-corrected chi connectivity index (χ1v) is 8.25. The Hall–Kier alpha value is -0.170. The van der Waals surface area contributed by atoms with Crippen LogP contribution in [0.25, 0.3) is 5.57 Å². The number of halogens is 1. The fourth-order valence-electron chi connectivity index (χ4n) is 1.58. The molecule has 88 valence electrons. The van der Waals surface area contributed by atoms with E-state index in [0.717, 1.165) is 20.7 Å². The molecular weight excluding hydrogens is 312 g/mol. The van der Waals surface area contributed by atoms with Gasteiger partial charge in [0.25, 0.3) is 0 Å². The third-order valence-corrected chi connectivity index (χ3v) is 5.29. The van der Waals surface area contributed by atoms with E-state index >= 15 is 0 Å². The van der Waals surface area contributed by atoms with Gasteiger partial charge in [0.2, 0.25) is 0 Å². The Balaban J connectivity index is 2.52. The Morgan fingerprint density at radius 3 is 2.81 bits per heavy atom. The van der Waals surface area contributed by atoms with E-state index < -0.39 is 9.84 Å². The first-order chi connectivity index (χ1) is 7.48. The minimum atomic E-state index is -3.16. The summed E-state index contributed by atoms with van der Waals surface area (Å²) < 4.78 is 29.3. The number of thiophene rings is 1. The van der Waals surface area contributed by atoms with Gasteiger partial charge in [0.15, 0.2) is 9.84 Å². The van der Waals surface area contributed by atoms with Crippen LogP contribution in [0.1, 0.15) is 11.3 Å². The van der Waals surface area contributed by atoms with Crippen LogP contribution in [0.2, 0.25) is 0 Å². The zero-order valence-electron chi connectivity index (χ0n) is 8.70. The average Bonchev–Trinajstić information content (AvgIpc) is 2.61. The lowest BCUT2D eigenvalue weighted by molar-refractivity contribution is 0.161. The predicted molar refractivity (Wildman–Crippen MR) is 68.5 cm³/mol. The quantitative estimate of drug-likeness (QED) is 0.840. The molecule has 0 saturated carbocycles. The SMILES string of the molecule is CS(=O)(=O)c1cc(Br)sc1C1=CCOCC1. The zero-order valence-corrected chi connectivity index (χ0v) is 11.9. The Labute approximate surface area is 107 Å². The van der Waals surface area contributed by atoms with Gasteiger partial charge in [-0.1, -0.05) is 6.08 Å². The Kier molecular flexibility index (Phi) is 3.53. The van der Waals surface area contributed by atoms with Gasteiger partial charge in [0.05, 0.1) is 21.9 Å². The largest absolute Gasteiger partial charge is 0.377 e. The summed E-state index contributed by atoms with van der Waals surface area (Å²) in [5.74, 6) is 0. The van der Waals surface area contributed by atoms with Crippen LogP contribution >= 0.6 is 27.3 Å². The van der Waals surface area contributed by atoms with Crippen LogP contribution in [-0.2, 0) is 14.6 Å². The molecule has 0 spiro atoms. The van der Waals surface area contributed by atoms with Crippen LogP contribution in [0.5, 0.6) is 0 Å². The lowest BCUT2D eigenvalue weighted by Crippen LogP contribution is -2.05. The number of hydrogen-bond donors (Lipinski definition) is 0. The van der Waals surface area contributed by atoms with Crippen LogP contribution in [0.4, 0.5) is 0 Å². The molecule has 3 nitrogen and oxygen atoms in total. The van der Waals surface area contributed by atoms with Crippen LogP contribution < -0.4 is 0 Å². The molecule has 1 aliphatic heterocycles. The number of rotatable bonds is 2. The van der Waals surface area contributed by atoms with Crippen molar-refractivity contribution in [2.45, 2.75) is 11.3 Å². The lowest BCUT2D eigenvalue weighted by atomic mass is 10.1. The van der Waals surface area contributed by atoms with E-state index in [1.807, 2.05) is 6.08 Å². The summed E-state index contributed by atoms with van der Waals surface area (Å²) in [4.78, 5) is 1.26. The monoisotopic (exact) mass is 322 g/mol. The molecule has 1 aromatic rings. The highest BCUT2D eigenvalue weighted by Crippen LogP contribution is 2.37. The normalized spacial score (nSPS) is 17.2. The van der Waals surface area contributed by atoms with Crippen LogP contribution in [0, 0.1) is 0 Å². The van der Waals surface area contributed by atoms with Crippen LogP contribution in [0.15, 0.2) is 20.8 Å². The molecular formula is C10H11BrO3S2. The van der Waals surface area contributed by atoms with Gasteiger partial charge in [-0.15, -0.1) is 11.3 Å². The molecule has 0 radical (unpaired) electrons. The van der Waals surface area contributed by atoms with Gasteiger partial charge >= 0.3 is 0 Å². The third kappa shape index (κ3) is 2.56. The highest BCUT2D eigenvalue weighted by molar-refractivity contribution is 9.11. The van der Waals surface area contributed by atoms with Gasteiger partial charge in [0.1, 0.15) is 0 Å². The second-order valence-corrected chi connectivity index (χ2v) is 7.99. The molecule has 0 unspecified atom stereocenters. The number of sulfone groups is 1. The summed E-state index contributed by atoms with van der Waals surface area (Å²) in [7, 11) is -3.16. The average molecular weight is 323 g/mol. The maximum absolute atomic E-state index is 11.6. The fraction of sp³-hybridized carbons (Fsp3) is 0.400. The molecule has 1 aliphatic rings. The molecule has 0 amide bonds. The van der Waals surface area contributed by atoms with Crippen LogP contribution in [-0.4, -0.2) is 27.9 Å². The van der Waals surface area contributed by atoms with Crippen molar-refractivity contribution in [1.82, 2.24) is 0 Å². The van der Waals surface area contributed by atoms with E-state index in [2.05, 4.69) is 15.9 Å². The molecule has 0 bridgehead atoms. The van der Waals surface area contributed by atoms with E-state index in [4.69, 9.17) is 4.74 Å². The summed E-state index contributed by atoms with van der Waals surface area (Å²) in [6.07, 6.45) is 3.97. The smallest absolute Gasteiger partial charge is 0.176 e. The van der Waals surface area contributed by atoms with Crippen molar-refractivity contribution in [2.75, 3.05) is 19.5 Å². The minimum Gasteiger partial charge on any atom is -0.377 e. The molecule has 0 N–H and O–H groups in total. The Morgan fingerprint density at radius 1 is 1.50 bits per heavy atom. The maximum atomic E-state index is 11.6. The molecule has 0 fully saturated rings. The van der Waals surface area contributed by atoms with Crippen molar-refractivity contribution < 1.29 is 13.2 Å². The zero-order chi connectivity index (χ0) is 11.8. The second-order valence-electron chi connectivity index (χ2n) is 3.57. The molecule has 6 heteroatoms. The lowest BCUT2D eigenvalue weighted by Gasteiger charge is -2.13. The van der Waals surface area contributed by atoms with Crippen molar-refractivity contribution in [3.8, 4) is 0 Å². The summed E-state index contributed by atoms with van der Waals surface area (Å²) >= 11 is 4.80. The fourth-order valence-corrected chi connectivity index (χ4v) is 4.75. The Morgan fingerprint density at radius 2 is 2.25 bits per heavy atom. The van der Waals surface area contributed by atoms with Gasteiger partial charge < -0.3 is 4.74 Å². The molecule has 0 aliphatic carbocycles. The van der Waals surface area contributed by atoms with Crippen LogP contribution in [0.3, 0.4) is 0 Å². The topological polar surface area (TPSA) is 43.4 Å². The first kappa shape index (κ1) is 12.3. The molecule has 0 saturated heterocycles. The summed E-state index contributed by atoms with van der Waals surface area (Å²) in [6, 6.07) is 1.67. The molecule has 0 atom stereocenters. The van der Waals surface area contributed by atoms with Crippen molar-refractivity contribution in [3.05, 3.63) is 20.8 Å². The van der Waals surface area contributed by atoms with Crippen molar-refractivity contribution >= 4 is 42.7 Å². The first-order valence-electron chi connectivity index (χ1n) is 4.75. The molecule has 2 rings (SSSR count). The van der Waals surface area contributed by atoms with Crippen molar-refractivity contribution in [1.29, 1.82) is 0 Å². The van der Waals surface area contributed by atoms with E-state index in [0.29, 0.717) is 18.1 Å². The highest BCUT2D eigenvalue weighted by atomic mass is 79.9. The molecule has 0 aromatic carbocycles. The maximum Gasteiger partial charge on any atom is 0.176 e. The number of ether oxygens (including phenoxy) is 1. The van der Waals surface area contributed by atoms with Gasteiger partial charge in [-0.2, -0.15) is 0 Å². The molecule has 16 heavy (non-hydrogen) atoms. The van der Waals surface area contributed by atoms with Crippen molar-refractivity contribution in [2.24, 2.45) is 0 Å². The van der Waals surface area contributed by atoms with Gasteiger partial charge in [-0.3, -0.25) is 0 Å². The summed E-state index contributed by atoms with van der Waals surface area (Å²) in [5.41, 5.74) is 1.07. The summed E-state index contributed by atoms with van der Waals surface area (Å²) in [6.45, 7) is 1.22. The van der Waals surface area contributed by atoms with Gasteiger partial charge in [0, 0.05) is 11.1 Å². The van der Waals surface area contributed by atoms with E-state index in [1.54, 1.807) is 6.07 Å². The molecule has 1 aromatic heterocycles. The van der Waals surface area contributed by atoms with Gasteiger partial charge in [-0.25, -0.2) is 8.42 Å². The van der Waals surface area contributed by atoms with E-state index in [-0.39, 0.29) is 0 Å². The van der Waals surface area contributed by atoms with Gasteiger partial charge in [-0.05, 0) is 34.0 Å². The Bertz CT molecular complexity index is 528. The molecule has 2 heterocycles. The highest BCUT2D eigenvalue weighted by Gasteiger charge is 2.20. The standard InChI is InChI=1S/C10H11BrO3S2/c1-16(12,13)8-6-9(11)15-10(8)7-2-4-14-5-3-7/h2,6H,3-5H2,1H3. The van der Waals surface area contributed by atoms with E-state index in [9.17, 15) is 8.42 Å². The van der Waals surface area contributed by atoms with E-state index in [1.165, 1.54) is 17.6 Å². The predicted octanol–water partition coefficient (Wildman–Crippen LogP) is 2.72. The van der Waals surface area contributed by atoms with Crippen molar-refractivity contribution in [3.63, 3.8) is 0 Å². The second kappa shape index (κ2) is 4.60.